The number of likely N-dealkylation sites (N-methyl/N-ethyl adjacent to an activating group) is 1. The highest BCUT2D eigenvalue weighted by molar-refractivity contribution is 6.18. The summed E-state index contributed by atoms with van der Waals surface area (Å²) in [5.74, 6) is 0. The molecule has 2 aliphatic heterocycles. The van der Waals surface area contributed by atoms with Crippen LogP contribution in [-0.4, -0.2) is 30.2 Å². The molecule has 0 amide bonds. The van der Waals surface area contributed by atoms with Gasteiger partial charge < -0.3 is 5.32 Å². The molecule has 25 heavy (non-hydrogen) atoms. The van der Waals surface area contributed by atoms with Crippen LogP contribution in [0, 0.1) is 13.8 Å². The zero-order valence-corrected chi connectivity index (χ0v) is 15.4. The van der Waals surface area contributed by atoms with E-state index in [-0.39, 0.29) is 0 Å². The minimum Gasteiger partial charge on any atom is -0.353 e. The largest absolute Gasteiger partial charge is 0.353 e. The van der Waals surface area contributed by atoms with Crippen LogP contribution >= 0.6 is 0 Å². The molecule has 3 heteroatoms. The summed E-state index contributed by atoms with van der Waals surface area (Å²) >= 11 is 0. The van der Waals surface area contributed by atoms with Crippen LogP contribution < -0.4 is 5.32 Å². The first-order valence-corrected chi connectivity index (χ1v) is 9.00. The Kier molecular flexibility index (Phi) is 3.97. The second-order valence-corrected chi connectivity index (χ2v) is 7.32. The second-order valence-electron chi connectivity index (χ2n) is 7.32. The number of benzene rings is 2. The maximum absolute atomic E-state index is 5.13. The molecule has 0 spiro atoms. The molecule has 0 aromatic heterocycles. The van der Waals surface area contributed by atoms with Gasteiger partial charge in [0, 0.05) is 23.8 Å². The van der Waals surface area contributed by atoms with Crippen molar-refractivity contribution in [2.24, 2.45) is 4.99 Å². The summed E-state index contributed by atoms with van der Waals surface area (Å²) in [5, 5.41) is 3.59. The van der Waals surface area contributed by atoms with Crippen molar-refractivity contribution in [3.05, 3.63) is 64.7 Å². The van der Waals surface area contributed by atoms with Crippen molar-refractivity contribution in [2.45, 2.75) is 33.2 Å². The highest BCUT2D eigenvalue weighted by Gasteiger charge is 2.23. The summed E-state index contributed by atoms with van der Waals surface area (Å²) in [6.45, 7) is 7.59. The molecule has 0 aliphatic carbocycles. The Balaban J connectivity index is 1.93. The highest BCUT2D eigenvalue weighted by atomic mass is 15.1. The van der Waals surface area contributed by atoms with Gasteiger partial charge in [-0.05, 0) is 69.6 Å². The van der Waals surface area contributed by atoms with E-state index in [4.69, 9.17) is 4.99 Å². The summed E-state index contributed by atoms with van der Waals surface area (Å²) in [6.07, 6.45) is 3.41. The quantitative estimate of drug-likeness (QED) is 0.784. The SMILES string of the molecule is Cc1ccc2c(c1)N=C(C1=C[C@H](C)N(C)CC1)c1cc(C)ccc1N2. The number of aliphatic imine (C=N–C) groups is 1. The molecule has 128 valence electrons. The first kappa shape index (κ1) is 16.1. The minimum absolute atomic E-state index is 0.438. The average molecular weight is 331 g/mol. The van der Waals surface area contributed by atoms with E-state index in [0.717, 1.165) is 35.7 Å². The number of nitrogens with one attached hydrogen (secondary N) is 1. The van der Waals surface area contributed by atoms with E-state index in [9.17, 15) is 0 Å². The summed E-state index contributed by atoms with van der Waals surface area (Å²) in [4.78, 5) is 7.52. The van der Waals surface area contributed by atoms with Crippen molar-refractivity contribution in [3.8, 4) is 0 Å². The third-order valence-corrected chi connectivity index (χ3v) is 5.26. The van der Waals surface area contributed by atoms with Crippen molar-refractivity contribution in [1.29, 1.82) is 0 Å². The minimum atomic E-state index is 0.438. The van der Waals surface area contributed by atoms with E-state index in [1.807, 2.05) is 0 Å². The molecule has 0 fully saturated rings. The predicted octanol–water partition coefficient (Wildman–Crippen LogP) is 5.13. The van der Waals surface area contributed by atoms with Gasteiger partial charge in [-0.3, -0.25) is 4.90 Å². The van der Waals surface area contributed by atoms with Crippen molar-refractivity contribution in [2.75, 3.05) is 18.9 Å². The maximum atomic E-state index is 5.13. The molecule has 2 heterocycles. The smallest absolute Gasteiger partial charge is 0.0874 e. The van der Waals surface area contributed by atoms with Crippen LogP contribution in [0.2, 0.25) is 0 Å². The van der Waals surface area contributed by atoms with Gasteiger partial charge in [0.15, 0.2) is 0 Å². The van der Waals surface area contributed by atoms with Crippen LogP contribution in [0.4, 0.5) is 17.1 Å². The first-order valence-electron chi connectivity index (χ1n) is 9.00. The van der Waals surface area contributed by atoms with Crippen LogP contribution in [0.3, 0.4) is 0 Å². The van der Waals surface area contributed by atoms with Crippen LogP contribution in [0.15, 0.2) is 53.0 Å². The van der Waals surface area contributed by atoms with Gasteiger partial charge in [0.05, 0.1) is 17.1 Å². The van der Waals surface area contributed by atoms with Gasteiger partial charge in [-0.2, -0.15) is 0 Å². The molecule has 0 radical (unpaired) electrons. The fourth-order valence-corrected chi connectivity index (χ4v) is 3.57. The van der Waals surface area contributed by atoms with E-state index in [0.29, 0.717) is 6.04 Å². The van der Waals surface area contributed by atoms with Gasteiger partial charge >= 0.3 is 0 Å². The Hall–Kier alpha value is -2.39. The van der Waals surface area contributed by atoms with Gasteiger partial charge in [-0.15, -0.1) is 0 Å². The lowest BCUT2D eigenvalue weighted by atomic mass is 9.93. The normalized spacial score (nSPS) is 19.9. The van der Waals surface area contributed by atoms with E-state index in [2.05, 4.69) is 80.5 Å². The van der Waals surface area contributed by atoms with Crippen molar-refractivity contribution in [3.63, 3.8) is 0 Å². The van der Waals surface area contributed by atoms with Crippen molar-refractivity contribution < 1.29 is 0 Å². The fourth-order valence-electron chi connectivity index (χ4n) is 3.57. The van der Waals surface area contributed by atoms with Crippen LogP contribution in [-0.2, 0) is 0 Å². The number of rotatable bonds is 1. The van der Waals surface area contributed by atoms with Crippen LogP contribution in [0.5, 0.6) is 0 Å². The number of hydrogen-bond donors (Lipinski definition) is 1. The molecule has 2 aromatic carbocycles. The Bertz CT molecular complexity index is 892. The molecule has 3 nitrogen and oxygen atoms in total. The predicted molar refractivity (Wildman–Crippen MR) is 107 cm³/mol. The molecule has 2 aromatic rings. The fraction of sp³-hybridized carbons (Fsp3) is 0.318. The number of fused-ring (bicyclic) bond motifs is 2. The van der Waals surface area contributed by atoms with Gasteiger partial charge in [0.25, 0.3) is 0 Å². The van der Waals surface area contributed by atoms with E-state index in [1.165, 1.54) is 22.3 Å². The van der Waals surface area contributed by atoms with E-state index >= 15 is 0 Å². The lowest BCUT2D eigenvalue weighted by molar-refractivity contribution is 0.288. The van der Waals surface area contributed by atoms with Gasteiger partial charge in [0.2, 0.25) is 0 Å². The summed E-state index contributed by atoms with van der Waals surface area (Å²) in [6, 6.07) is 13.5. The molecular formula is C22H25N3. The number of anilines is 2. The summed E-state index contributed by atoms with van der Waals surface area (Å²) in [5.41, 5.74) is 9.41. The van der Waals surface area contributed by atoms with Crippen LogP contribution in [0.1, 0.15) is 30.0 Å². The maximum Gasteiger partial charge on any atom is 0.0874 e. The Morgan fingerprint density at radius 1 is 1.04 bits per heavy atom. The molecule has 1 N–H and O–H groups in total. The topological polar surface area (TPSA) is 27.6 Å². The Labute approximate surface area is 150 Å². The lowest BCUT2D eigenvalue weighted by Gasteiger charge is -2.29. The second kappa shape index (κ2) is 6.16. The molecule has 2 aliphatic rings. The van der Waals surface area contributed by atoms with E-state index in [1.54, 1.807) is 0 Å². The monoisotopic (exact) mass is 331 g/mol. The standard InChI is InChI=1S/C22H25N3/c1-14-5-7-19-18(11-14)22(17-9-10-25(4)16(3)13-17)24-21-12-15(2)6-8-20(21)23-19/h5-8,11-13,16,23H,9-10H2,1-4H3/t16-/m0/s1. The third-order valence-electron chi connectivity index (χ3n) is 5.26. The lowest BCUT2D eigenvalue weighted by Crippen LogP contribution is -2.33. The molecule has 4 rings (SSSR count). The van der Waals surface area contributed by atoms with Crippen LogP contribution in [0.25, 0.3) is 0 Å². The van der Waals surface area contributed by atoms with E-state index < -0.39 is 0 Å². The number of hydrogen-bond acceptors (Lipinski definition) is 3. The number of nitrogens with zero attached hydrogens (tertiary/aromatic N) is 2. The summed E-state index contributed by atoms with van der Waals surface area (Å²) in [7, 11) is 2.19. The van der Waals surface area contributed by atoms with Crippen molar-refractivity contribution >= 4 is 22.8 Å². The molecule has 0 bridgehead atoms. The molecule has 0 saturated carbocycles. The third kappa shape index (κ3) is 3.00. The zero-order chi connectivity index (χ0) is 17.6. The average Bonchev–Trinajstić information content (AvgIpc) is 2.74. The molecule has 1 atom stereocenters. The van der Waals surface area contributed by atoms with Gasteiger partial charge in [-0.1, -0.05) is 23.8 Å². The molecule has 0 saturated heterocycles. The van der Waals surface area contributed by atoms with Gasteiger partial charge in [0.1, 0.15) is 0 Å². The highest BCUT2D eigenvalue weighted by Crippen LogP contribution is 2.37. The number of aryl methyl sites for hydroxylation is 2. The molecular weight excluding hydrogens is 306 g/mol. The Morgan fingerprint density at radius 2 is 1.76 bits per heavy atom. The zero-order valence-electron chi connectivity index (χ0n) is 15.4. The Morgan fingerprint density at radius 3 is 2.52 bits per heavy atom. The molecule has 0 unspecified atom stereocenters. The van der Waals surface area contributed by atoms with Crippen molar-refractivity contribution in [1.82, 2.24) is 4.90 Å². The summed E-state index contributed by atoms with van der Waals surface area (Å²) < 4.78 is 0. The first-order chi connectivity index (χ1) is 12.0. The van der Waals surface area contributed by atoms with Gasteiger partial charge in [-0.25, -0.2) is 4.99 Å².